The van der Waals surface area contributed by atoms with E-state index in [1.165, 1.54) is 0 Å². The smallest absolute Gasteiger partial charge is 0.225 e. The fourth-order valence-corrected chi connectivity index (χ4v) is 1.71. The van der Waals surface area contributed by atoms with Crippen molar-refractivity contribution in [3.05, 3.63) is 46.9 Å². The van der Waals surface area contributed by atoms with Gasteiger partial charge in [-0.1, -0.05) is 12.1 Å². The van der Waals surface area contributed by atoms with Gasteiger partial charge < -0.3 is 9.47 Å². The fraction of sp³-hybridized carbons (Fsp3) is 0.231. The first-order chi connectivity index (χ1) is 8.67. The molecule has 0 aliphatic heterocycles. The van der Waals surface area contributed by atoms with Crippen molar-refractivity contribution in [1.29, 1.82) is 0 Å². The third kappa shape index (κ3) is 3.34. The molecule has 2 rings (SSSR count). The minimum Gasteiger partial charge on any atom is -0.497 e. The van der Waals surface area contributed by atoms with E-state index in [1.807, 2.05) is 31.2 Å². The predicted octanol–water partition coefficient (Wildman–Crippen LogP) is 3.03. The number of aromatic nitrogens is 2. The first-order valence-electron chi connectivity index (χ1n) is 5.44. The average Bonchev–Trinajstić information content (AvgIpc) is 2.35. The highest BCUT2D eigenvalue weighted by atomic mass is 35.5. The maximum atomic E-state index is 5.76. The Morgan fingerprint density at radius 3 is 2.78 bits per heavy atom. The molecule has 2 aromatic rings. The van der Waals surface area contributed by atoms with Crippen molar-refractivity contribution in [2.75, 3.05) is 7.11 Å². The fourth-order valence-electron chi connectivity index (χ4n) is 1.50. The van der Waals surface area contributed by atoms with Crippen LogP contribution in [0.25, 0.3) is 0 Å². The van der Waals surface area contributed by atoms with Crippen LogP contribution < -0.4 is 9.47 Å². The Balaban J connectivity index is 2.06. The average molecular weight is 265 g/mol. The van der Waals surface area contributed by atoms with Gasteiger partial charge in [-0.05, 0) is 36.2 Å². The van der Waals surface area contributed by atoms with E-state index in [-0.39, 0.29) is 5.28 Å². The summed E-state index contributed by atoms with van der Waals surface area (Å²) in [5.41, 5.74) is 1.78. The molecule has 1 aromatic carbocycles. The van der Waals surface area contributed by atoms with Crippen molar-refractivity contribution in [2.45, 2.75) is 13.5 Å². The number of benzene rings is 1. The zero-order chi connectivity index (χ0) is 13.0. The maximum absolute atomic E-state index is 5.76. The second-order valence-electron chi connectivity index (χ2n) is 3.76. The van der Waals surface area contributed by atoms with Gasteiger partial charge in [0.1, 0.15) is 12.4 Å². The standard InChI is InChI=1S/C13H13ClN2O2/c1-9-6-12(16-13(14)15-9)18-8-10-4-3-5-11(7-10)17-2/h3-7H,8H2,1-2H3. The van der Waals surface area contributed by atoms with Crippen molar-refractivity contribution in [2.24, 2.45) is 0 Å². The first-order valence-corrected chi connectivity index (χ1v) is 5.82. The Morgan fingerprint density at radius 1 is 1.22 bits per heavy atom. The van der Waals surface area contributed by atoms with Gasteiger partial charge in [0, 0.05) is 11.8 Å². The molecule has 94 valence electrons. The molecule has 0 N–H and O–H groups in total. The van der Waals surface area contributed by atoms with E-state index in [4.69, 9.17) is 21.1 Å². The highest BCUT2D eigenvalue weighted by Crippen LogP contribution is 2.16. The topological polar surface area (TPSA) is 44.2 Å². The lowest BCUT2D eigenvalue weighted by atomic mass is 10.2. The molecule has 0 aliphatic rings. The van der Waals surface area contributed by atoms with E-state index < -0.39 is 0 Å². The summed E-state index contributed by atoms with van der Waals surface area (Å²) in [6.07, 6.45) is 0. The molecular weight excluding hydrogens is 252 g/mol. The molecule has 1 aromatic heterocycles. The Hall–Kier alpha value is -1.81. The van der Waals surface area contributed by atoms with Gasteiger partial charge in [-0.2, -0.15) is 4.98 Å². The van der Waals surface area contributed by atoms with E-state index in [0.29, 0.717) is 12.5 Å². The SMILES string of the molecule is COc1cccc(COc2cc(C)nc(Cl)n2)c1. The van der Waals surface area contributed by atoms with Crippen molar-refractivity contribution < 1.29 is 9.47 Å². The molecule has 0 unspecified atom stereocenters. The van der Waals surface area contributed by atoms with Crippen molar-refractivity contribution in [1.82, 2.24) is 9.97 Å². The molecule has 0 amide bonds. The zero-order valence-corrected chi connectivity index (χ0v) is 10.9. The molecule has 0 saturated heterocycles. The maximum Gasteiger partial charge on any atom is 0.225 e. The van der Waals surface area contributed by atoms with Crippen LogP contribution in [0.15, 0.2) is 30.3 Å². The number of rotatable bonds is 4. The lowest BCUT2D eigenvalue weighted by molar-refractivity contribution is 0.292. The largest absolute Gasteiger partial charge is 0.497 e. The van der Waals surface area contributed by atoms with Crippen LogP contribution in [0.4, 0.5) is 0 Å². The number of ether oxygens (including phenoxy) is 2. The molecule has 0 atom stereocenters. The molecule has 0 radical (unpaired) electrons. The van der Waals surface area contributed by atoms with Crippen LogP contribution in [0, 0.1) is 6.92 Å². The summed E-state index contributed by atoms with van der Waals surface area (Å²) in [7, 11) is 1.63. The zero-order valence-electron chi connectivity index (χ0n) is 10.2. The third-order valence-electron chi connectivity index (χ3n) is 2.32. The Labute approximate surface area is 111 Å². The highest BCUT2D eigenvalue weighted by molar-refractivity contribution is 6.28. The summed E-state index contributed by atoms with van der Waals surface area (Å²) >= 11 is 5.76. The number of aryl methyl sites for hydroxylation is 1. The van der Waals surface area contributed by atoms with E-state index in [1.54, 1.807) is 13.2 Å². The minimum atomic E-state index is 0.190. The van der Waals surface area contributed by atoms with Crippen molar-refractivity contribution in [3.8, 4) is 11.6 Å². The molecule has 4 nitrogen and oxygen atoms in total. The minimum absolute atomic E-state index is 0.190. The number of nitrogens with zero attached hydrogens (tertiary/aromatic N) is 2. The lowest BCUT2D eigenvalue weighted by Gasteiger charge is -2.07. The molecule has 0 saturated carbocycles. The summed E-state index contributed by atoms with van der Waals surface area (Å²) in [5.74, 6) is 1.27. The van der Waals surface area contributed by atoms with Gasteiger partial charge in [0.15, 0.2) is 0 Å². The van der Waals surface area contributed by atoms with E-state index >= 15 is 0 Å². The quantitative estimate of drug-likeness (QED) is 0.796. The Morgan fingerprint density at radius 2 is 2.06 bits per heavy atom. The molecule has 0 fully saturated rings. The van der Waals surface area contributed by atoms with Crippen LogP contribution in [-0.4, -0.2) is 17.1 Å². The van der Waals surface area contributed by atoms with Gasteiger partial charge in [0.25, 0.3) is 0 Å². The first kappa shape index (κ1) is 12.6. The van der Waals surface area contributed by atoms with E-state index in [0.717, 1.165) is 17.0 Å². The number of halogens is 1. The van der Waals surface area contributed by atoms with Gasteiger partial charge in [0.2, 0.25) is 11.2 Å². The number of methoxy groups -OCH3 is 1. The van der Waals surface area contributed by atoms with Gasteiger partial charge in [-0.3, -0.25) is 0 Å². The number of hydrogen-bond acceptors (Lipinski definition) is 4. The Kier molecular flexibility index (Phi) is 3.99. The molecule has 18 heavy (non-hydrogen) atoms. The van der Waals surface area contributed by atoms with E-state index in [9.17, 15) is 0 Å². The van der Waals surface area contributed by atoms with Gasteiger partial charge in [-0.15, -0.1) is 0 Å². The normalized spacial score (nSPS) is 10.2. The summed E-state index contributed by atoms with van der Waals surface area (Å²) in [6.45, 7) is 2.25. The monoisotopic (exact) mass is 264 g/mol. The molecule has 1 heterocycles. The highest BCUT2D eigenvalue weighted by Gasteiger charge is 2.02. The second-order valence-corrected chi connectivity index (χ2v) is 4.09. The molecule has 5 heteroatoms. The third-order valence-corrected chi connectivity index (χ3v) is 2.49. The van der Waals surface area contributed by atoms with Crippen LogP contribution in [0.5, 0.6) is 11.6 Å². The second kappa shape index (κ2) is 5.69. The van der Waals surface area contributed by atoms with Crippen LogP contribution in [0.1, 0.15) is 11.3 Å². The molecule has 0 aliphatic carbocycles. The van der Waals surface area contributed by atoms with E-state index in [2.05, 4.69) is 9.97 Å². The van der Waals surface area contributed by atoms with Gasteiger partial charge >= 0.3 is 0 Å². The van der Waals surface area contributed by atoms with Gasteiger partial charge in [0.05, 0.1) is 7.11 Å². The molecule has 0 spiro atoms. The predicted molar refractivity (Wildman–Crippen MR) is 69.1 cm³/mol. The Bertz CT molecular complexity index is 526. The lowest BCUT2D eigenvalue weighted by Crippen LogP contribution is -1.99. The van der Waals surface area contributed by atoms with Gasteiger partial charge in [-0.25, -0.2) is 4.98 Å². The van der Waals surface area contributed by atoms with Crippen LogP contribution in [0.2, 0.25) is 5.28 Å². The van der Waals surface area contributed by atoms with Crippen LogP contribution in [-0.2, 0) is 6.61 Å². The summed E-state index contributed by atoms with van der Waals surface area (Å²) in [4.78, 5) is 7.96. The number of hydrogen-bond donors (Lipinski definition) is 0. The van der Waals surface area contributed by atoms with Crippen molar-refractivity contribution >= 4 is 11.6 Å². The summed E-state index contributed by atoms with van der Waals surface area (Å²) < 4.78 is 10.7. The van der Waals surface area contributed by atoms with Crippen LogP contribution in [0.3, 0.4) is 0 Å². The molecule has 0 bridgehead atoms. The molecular formula is C13H13ClN2O2. The van der Waals surface area contributed by atoms with Crippen molar-refractivity contribution in [3.63, 3.8) is 0 Å². The van der Waals surface area contributed by atoms with Crippen LogP contribution >= 0.6 is 11.6 Å². The summed E-state index contributed by atoms with van der Waals surface area (Å²) in [5, 5.41) is 0.190. The summed E-state index contributed by atoms with van der Waals surface area (Å²) in [6, 6.07) is 9.41.